The quantitative estimate of drug-likeness (QED) is 0.405. The zero-order chi connectivity index (χ0) is 24.6. The molecule has 0 fully saturated rings. The van der Waals surface area contributed by atoms with Crippen LogP contribution >= 0.6 is 0 Å². The van der Waals surface area contributed by atoms with Crippen LogP contribution in [0.4, 0.5) is 11.4 Å². The lowest BCUT2D eigenvalue weighted by molar-refractivity contribution is 0.555. The molecule has 0 unspecified atom stereocenters. The Morgan fingerprint density at radius 3 is 1.33 bits per heavy atom. The Bertz CT molecular complexity index is 1040. The molecule has 3 nitrogen and oxygen atoms in total. The van der Waals surface area contributed by atoms with Crippen LogP contribution < -0.4 is 9.13 Å². The normalized spacial score (nSPS) is 14.9. The van der Waals surface area contributed by atoms with E-state index in [1.807, 2.05) is 4.57 Å². The van der Waals surface area contributed by atoms with E-state index in [0.717, 1.165) is 22.8 Å². The van der Waals surface area contributed by atoms with Gasteiger partial charge >= 0.3 is 9.01 Å². The first-order valence-corrected chi connectivity index (χ1v) is 13.5. The van der Waals surface area contributed by atoms with Crippen molar-refractivity contribution in [3.05, 3.63) is 82.7 Å². The Hall–Kier alpha value is -2.46. The Labute approximate surface area is 202 Å². The maximum absolute atomic E-state index is 14.6. The first kappa shape index (κ1) is 25.2. The summed E-state index contributed by atoms with van der Waals surface area (Å²) in [5.74, 6) is 1.29. The minimum Gasteiger partial charge on any atom is -0.328 e. The number of hydrogen-bond acceptors (Lipinski definition) is 1. The van der Waals surface area contributed by atoms with E-state index < -0.39 is 9.01 Å². The van der Waals surface area contributed by atoms with Crippen molar-refractivity contribution in [2.24, 2.45) is 0 Å². The van der Waals surface area contributed by atoms with Gasteiger partial charge in [-0.2, -0.15) is 0 Å². The van der Waals surface area contributed by atoms with Gasteiger partial charge in [0.1, 0.15) is 0 Å². The average Bonchev–Trinajstić information content (AvgIpc) is 2.72. The fourth-order valence-electron chi connectivity index (χ4n) is 4.80. The van der Waals surface area contributed by atoms with Gasteiger partial charge < -0.3 is 9.03 Å². The van der Waals surface area contributed by atoms with Gasteiger partial charge in [0.05, 0.1) is 0 Å². The van der Waals surface area contributed by atoms with Crippen LogP contribution in [0.1, 0.15) is 108 Å². The lowest BCUT2D eigenvalue weighted by atomic mass is 9.92. The molecular formula is C29H40N2OSi. The lowest BCUT2D eigenvalue weighted by Crippen LogP contribution is -2.50. The molecular weight excluding hydrogens is 420 g/mol. The first-order valence-electron chi connectivity index (χ1n) is 12.2. The van der Waals surface area contributed by atoms with Crippen LogP contribution in [0.15, 0.2) is 60.4 Å². The maximum Gasteiger partial charge on any atom is 0.539 e. The Kier molecular flexibility index (Phi) is 7.47. The predicted octanol–water partition coefficient (Wildman–Crippen LogP) is 8.34. The molecule has 3 rings (SSSR count). The molecule has 176 valence electrons. The van der Waals surface area contributed by atoms with Crippen LogP contribution in [0, 0.1) is 0 Å². The van der Waals surface area contributed by atoms with E-state index in [1.54, 1.807) is 0 Å². The number of allylic oxidation sites excluding steroid dienone is 2. The predicted molar refractivity (Wildman–Crippen MR) is 144 cm³/mol. The van der Waals surface area contributed by atoms with Gasteiger partial charge in [0.2, 0.25) is 0 Å². The summed E-state index contributed by atoms with van der Waals surface area (Å²) < 4.78 is 18.7. The van der Waals surface area contributed by atoms with Crippen molar-refractivity contribution in [1.82, 2.24) is 0 Å². The molecule has 0 atom stereocenters. The largest absolute Gasteiger partial charge is 0.539 e. The second-order valence-corrected chi connectivity index (χ2v) is 11.9. The Balaban J connectivity index is 2.31. The minimum absolute atomic E-state index is 0.316. The number of para-hydroxylation sites is 2. The topological polar surface area (TPSA) is 23.6 Å². The number of rotatable bonds is 6. The number of nitrogens with zero attached hydrogens (tertiary/aromatic N) is 2. The van der Waals surface area contributed by atoms with E-state index in [1.165, 1.54) is 22.3 Å². The minimum atomic E-state index is -2.44. The van der Waals surface area contributed by atoms with Crippen LogP contribution in [0.25, 0.3) is 0 Å². The first-order chi connectivity index (χ1) is 15.5. The molecule has 0 N–H and O–H groups in total. The van der Waals surface area contributed by atoms with Gasteiger partial charge in [-0.15, -0.1) is 0 Å². The SMILES string of the molecule is C=C1C=C(C)N(c2c(C(C)C)cccc2C(C)C)[Si](=O)N1c1c(C(C)C)cccc1C(C)C. The van der Waals surface area contributed by atoms with Gasteiger partial charge in [-0.3, -0.25) is 4.57 Å². The van der Waals surface area contributed by atoms with E-state index >= 15 is 0 Å². The maximum atomic E-state index is 14.6. The van der Waals surface area contributed by atoms with E-state index in [9.17, 15) is 4.46 Å². The molecule has 0 saturated heterocycles. The number of benzene rings is 2. The molecule has 1 heterocycles. The summed E-state index contributed by atoms with van der Waals surface area (Å²) in [6.45, 7) is 24.1. The summed E-state index contributed by atoms with van der Waals surface area (Å²) in [6.07, 6.45) is 2.09. The van der Waals surface area contributed by atoms with Gasteiger partial charge in [-0.25, -0.2) is 0 Å². The molecule has 33 heavy (non-hydrogen) atoms. The molecule has 2 aromatic carbocycles. The van der Waals surface area contributed by atoms with E-state index in [2.05, 4.69) is 116 Å². The molecule has 2 aromatic rings. The van der Waals surface area contributed by atoms with E-state index in [0.29, 0.717) is 23.7 Å². The second-order valence-electron chi connectivity index (χ2n) is 10.4. The van der Waals surface area contributed by atoms with Crippen molar-refractivity contribution < 1.29 is 4.46 Å². The molecule has 0 amide bonds. The van der Waals surface area contributed by atoms with Crippen molar-refractivity contribution in [1.29, 1.82) is 0 Å². The lowest BCUT2D eigenvalue weighted by Gasteiger charge is -2.40. The fraction of sp³-hybridized carbons (Fsp3) is 0.448. The Morgan fingerprint density at radius 2 is 1.00 bits per heavy atom. The van der Waals surface area contributed by atoms with Gasteiger partial charge in [0.15, 0.2) is 0 Å². The molecule has 0 saturated carbocycles. The van der Waals surface area contributed by atoms with E-state index in [-0.39, 0.29) is 0 Å². The summed E-state index contributed by atoms with van der Waals surface area (Å²) in [5.41, 5.74) is 8.87. The molecule has 0 aliphatic carbocycles. The van der Waals surface area contributed by atoms with Crippen LogP contribution in [0.2, 0.25) is 0 Å². The third kappa shape index (κ3) is 4.63. The molecule has 0 spiro atoms. The molecule has 1 aliphatic rings. The van der Waals surface area contributed by atoms with Gasteiger partial charge in [0, 0.05) is 22.8 Å². The highest BCUT2D eigenvalue weighted by Crippen LogP contribution is 2.43. The van der Waals surface area contributed by atoms with Crippen LogP contribution in [0.5, 0.6) is 0 Å². The summed E-state index contributed by atoms with van der Waals surface area (Å²) in [6, 6.07) is 13.0. The van der Waals surface area contributed by atoms with Crippen LogP contribution in [0.3, 0.4) is 0 Å². The monoisotopic (exact) mass is 460 g/mol. The third-order valence-electron chi connectivity index (χ3n) is 6.53. The van der Waals surface area contributed by atoms with Crippen molar-refractivity contribution in [2.45, 2.75) is 86.0 Å². The zero-order valence-corrected chi connectivity index (χ0v) is 22.9. The second kappa shape index (κ2) is 9.80. The summed E-state index contributed by atoms with van der Waals surface area (Å²) in [7, 11) is -2.44. The van der Waals surface area contributed by atoms with Crippen LogP contribution in [-0.4, -0.2) is 9.01 Å². The highest BCUT2D eigenvalue weighted by molar-refractivity contribution is 6.56. The summed E-state index contributed by atoms with van der Waals surface area (Å²) >= 11 is 0. The van der Waals surface area contributed by atoms with Gasteiger partial charge in [-0.05, 0) is 58.9 Å². The van der Waals surface area contributed by atoms with Gasteiger partial charge in [-0.1, -0.05) is 98.4 Å². The Morgan fingerprint density at radius 1 is 0.667 bits per heavy atom. The van der Waals surface area contributed by atoms with Crippen LogP contribution in [-0.2, 0) is 4.46 Å². The fourth-order valence-corrected chi connectivity index (χ4v) is 6.57. The molecule has 4 heteroatoms. The third-order valence-corrected chi connectivity index (χ3v) is 8.38. The standard InChI is InChI=1S/C29H40N2OSi/c1-18(2)24-13-11-14-25(19(3)4)28(24)30-22(9)17-23(10)31(33(30)32)29-26(20(5)6)15-12-16-27(29)21(7)8/h11-21H,9H2,1-8,10H3. The zero-order valence-electron chi connectivity index (χ0n) is 21.9. The molecule has 0 aromatic heterocycles. The van der Waals surface area contributed by atoms with Crippen molar-refractivity contribution in [3.8, 4) is 0 Å². The average molecular weight is 461 g/mol. The summed E-state index contributed by atoms with van der Waals surface area (Å²) in [5, 5.41) is 0. The molecule has 0 bridgehead atoms. The van der Waals surface area contributed by atoms with E-state index in [4.69, 9.17) is 0 Å². The molecule has 0 radical (unpaired) electrons. The van der Waals surface area contributed by atoms with Gasteiger partial charge in [0.25, 0.3) is 0 Å². The smallest absolute Gasteiger partial charge is 0.328 e. The number of hydrogen-bond donors (Lipinski definition) is 0. The molecule has 1 aliphatic heterocycles. The van der Waals surface area contributed by atoms with Crippen molar-refractivity contribution >= 4 is 20.4 Å². The van der Waals surface area contributed by atoms with Crippen molar-refractivity contribution in [3.63, 3.8) is 0 Å². The highest BCUT2D eigenvalue weighted by Gasteiger charge is 2.38. The number of anilines is 2. The van der Waals surface area contributed by atoms with Crippen molar-refractivity contribution in [2.75, 3.05) is 9.13 Å². The summed E-state index contributed by atoms with van der Waals surface area (Å²) in [4.78, 5) is 0. The highest BCUT2D eigenvalue weighted by atomic mass is 28.3.